The number of amides is 1. The fraction of sp³-hybridized carbons (Fsp3) is 0.240. The van der Waals surface area contributed by atoms with Crippen LogP contribution in [-0.2, 0) is 16.4 Å². The molecule has 3 heterocycles. The lowest BCUT2D eigenvalue weighted by atomic mass is 10.1. The van der Waals surface area contributed by atoms with Crippen LogP contribution < -0.4 is 0 Å². The van der Waals surface area contributed by atoms with Gasteiger partial charge >= 0.3 is 0 Å². The summed E-state index contributed by atoms with van der Waals surface area (Å²) in [7, 11) is -3.22. The summed E-state index contributed by atoms with van der Waals surface area (Å²) in [5, 5.41) is 0.844. The van der Waals surface area contributed by atoms with E-state index in [9.17, 15) is 17.6 Å². The third-order valence-corrected chi connectivity index (χ3v) is 7.81. The summed E-state index contributed by atoms with van der Waals surface area (Å²) < 4.78 is 49.4. The molecule has 1 saturated heterocycles. The van der Waals surface area contributed by atoms with E-state index in [0.29, 0.717) is 34.7 Å². The molecule has 0 spiro atoms. The number of benzene rings is 2. The van der Waals surface area contributed by atoms with Crippen molar-refractivity contribution < 1.29 is 26.4 Å². The second kappa shape index (κ2) is 8.19. The molecule has 1 fully saturated rings. The molecule has 0 unspecified atom stereocenters. The molecule has 0 saturated carbocycles. The Morgan fingerprint density at radius 1 is 1.06 bits per heavy atom. The van der Waals surface area contributed by atoms with Crippen LogP contribution in [0.1, 0.15) is 28.3 Å². The number of hydrogen-bond donors (Lipinski definition) is 0. The van der Waals surface area contributed by atoms with Gasteiger partial charge in [0, 0.05) is 22.6 Å². The molecule has 4 aromatic rings. The Bertz CT molecular complexity index is 1440. The fourth-order valence-electron chi connectivity index (χ4n) is 4.30. The van der Waals surface area contributed by atoms with Gasteiger partial charge in [0.05, 0.1) is 18.1 Å². The summed E-state index contributed by atoms with van der Waals surface area (Å²) in [5.41, 5.74) is 2.03. The van der Waals surface area contributed by atoms with Gasteiger partial charge in [-0.25, -0.2) is 12.8 Å². The molecular formula is C25H22FNO5S. The number of carbonyl (C=O) groups is 1. The number of carbonyl (C=O) groups excluding carboxylic acids is 1. The van der Waals surface area contributed by atoms with E-state index in [-0.39, 0.29) is 35.5 Å². The Kier molecular flexibility index (Phi) is 5.32. The average molecular weight is 468 g/mol. The first-order valence-electron chi connectivity index (χ1n) is 10.6. The molecule has 170 valence electrons. The number of aryl methyl sites for hydroxylation is 1. The molecule has 1 atom stereocenters. The third kappa shape index (κ3) is 4.18. The molecule has 1 aliphatic rings. The lowest BCUT2D eigenvalue weighted by Crippen LogP contribution is -2.40. The number of rotatable bonds is 5. The van der Waals surface area contributed by atoms with Gasteiger partial charge < -0.3 is 13.7 Å². The molecule has 0 bridgehead atoms. The number of fused-ring (bicyclic) bond motifs is 1. The van der Waals surface area contributed by atoms with E-state index in [0.717, 1.165) is 5.39 Å². The van der Waals surface area contributed by atoms with Crippen molar-refractivity contribution in [3.8, 4) is 11.3 Å². The standard InChI is InChI=1S/C25H22FNO5S/c1-16-21-4-2-3-5-23(21)32-24(16)25(28)27(19-12-13-33(29,30)15-19)14-20-10-11-22(31-20)17-6-8-18(26)9-7-17/h2-11,19H,12-15H2,1H3/t19-/m1/s1. The summed E-state index contributed by atoms with van der Waals surface area (Å²) in [6, 6.07) is 16.3. The highest BCUT2D eigenvalue weighted by Gasteiger charge is 2.37. The average Bonchev–Trinajstić information content (AvgIpc) is 3.50. The second-order valence-electron chi connectivity index (χ2n) is 8.32. The molecule has 5 rings (SSSR count). The monoisotopic (exact) mass is 467 g/mol. The first-order valence-corrected chi connectivity index (χ1v) is 12.5. The number of furan rings is 2. The molecule has 1 aliphatic heterocycles. The fourth-order valence-corrected chi connectivity index (χ4v) is 6.03. The normalized spacial score (nSPS) is 17.5. The number of para-hydroxylation sites is 1. The first-order chi connectivity index (χ1) is 15.8. The number of hydrogen-bond acceptors (Lipinski definition) is 5. The van der Waals surface area contributed by atoms with Crippen molar-refractivity contribution in [2.75, 3.05) is 11.5 Å². The van der Waals surface area contributed by atoms with Gasteiger partial charge in [0.1, 0.15) is 22.9 Å². The molecule has 0 radical (unpaired) electrons. The smallest absolute Gasteiger partial charge is 0.290 e. The Labute approximate surface area is 190 Å². The highest BCUT2D eigenvalue weighted by atomic mass is 32.2. The topological polar surface area (TPSA) is 80.7 Å². The van der Waals surface area contributed by atoms with Crippen molar-refractivity contribution in [2.45, 2.75) is 25.9 Å². The van der Waals surface area contributed by atoms with Gasteiger partial charge in [-0.2, -0.15) is 0 Å². The maximum Gasteiger partial charge on any atom is 0.290 e. The van der Waals surface area contributed by atoms with Crippen LogP contribution in [0.2, 0.25) is 0 Å². The van der Waals surface area contributed by atoms with Crippen molar-refractivity contribution in [2.24, 2.45) is 0 Å². The molecule has 6 nitrogen and oxygen atoms in total. The zero-order valence-corrected chi connectivity index (χ0v) is 18.8. The van der Waals surface area contributed by atoms with E-state index < -0.39 is 15.9 Å². The van der Waals surface area contributed by atoms with Gasteiger partial charge in [-0.15, -0.1) is 0 Å². The van der Waals surface area contributed by atoms with Crippen molar-refractivity contribution in [1.82, 2.24) is 4.90 Å². The van der Waals surface area contributed by atoms with E-state index in [1.165, 1.54) is 17.0 Å². The van der Waals surface area contributed by atoms with Gasteiger partial charge in [0.2, 0.25) is 0 Å². The third-order valence-electron chi connectivity index (χ3n) is 6.06. The Hall–Kier alpha value is -3.39. The predicted octanol–water partition coefficient (Wildman–Crippen LogP) is 4.97. The van der Waals surface area contributed by atoms with Crippen LogP contribution in [0, 0.1) is 12.7 Å². The summed E-state index contributed by atoms with van der Waals surface area (Å²) in [5.74, 6) is 0.475. The van der Waals surface area contributed by atoms with Crippen molar-refractivity contribution in [1.29, 1.82) is 0 Å². The zero-order chi connectivity index (χ0) is 23.2. The summed E-state index contributed by atoms with van der Waals surface area (Å²) in [6.45, 7) is 1.92. The quantitative estimate of drug-likeness (QED) is 0.414. The van der Waals surface area contributed by atoms with E-state index in [2.05, 4.69) is 0 Å². The Morgan fingerprint density at radius 2 is 1.82 bits per heavy atom. The van der Waals surface area contributed by atoms with Gasteiger partial charge in [0.25, 0.3) is 5.91 Å². The van der Waals surface area contributed by atoms with Crippen LogP contribution in [0.5, 0.6) is 0 Å². The summed E-state index contributed by atoms with van der Waals surface area (Å²) in [4.78, 5) is 15.1. The first kappa shape index (κ1) is 21.5. The van der Waals surface area contributed by atoms with Crippen LogP contribution >= 0.6 is 0 Å². The predicted molar refractivity (Wildman–Crippen MR) is 122 cm³/mol. The number of sulfone groups is 1. The molecule has 33 heavy (non-hydrogen) atoms. The molecule has 8 heteroatoms. The van der Waals surface area contributed by atoms with E-state index >= 15 is 0 Å². The highest BCUT2D eigenvalue weighted by molar-refractivity contribution is 7.91. The molecule has 1 amide bonds. The number of halogens is 1. The summed E-state index contributed by atoms with van der Waals surface area (Å²) >= 11 is 0. The van der Waals surface area contributed by atoms with E-state index in [4.69, 9.17) is 8.83 Å². The Balaban J connectivity index is 1.48. The lowest BCUT2D eigenvalue weighted by molar-refractivity contribution is 0.0635. The second-order valence-corrected chi connectivity index (χ2v) is 10.5. The summed E-state index contributed by atoms with van der Waals surface area (Å²) in [6.07, 6.45) is 0.360. The van der Waals surface area contributed by atoms with Gasteiger partial charge in [0.15, 0.2) is 15.6 Å². The molecule has 0 aliphatic carbocycles. The van der Waals surface area contributed by atoms with Crippen LogP contribution in [0.4, 0.5) is 4.39 Å². The maximum atomic E-state index is 13.6. The molecule has 2 aromatic carbocycles. The van der Waals surface area contributed by atoms with E-state index in [1.807, 2.05) is 25.1 Å². The zero-order valence-electron chi connectivity index (χ0n) is 18.0. The molecular weight excluding hydrogens is 445 g/mol. The van der Waals surface area contributed by atoms with Crippen molar-refractivity contribution in [3.05, 3.63) is 83.6 Å². The van der Waals surface area contributed by atoms with Crippen molar-refractivity contribution >= 4 is 26.7 Å². The van der Waals surface area contributed by atoms with Gasteiger partial charge in [-0.05, 0) is 55.8 Å². The highest BCUT2D eigenvalue weighted by Crippen LogP contribution is 2.30. The van der Waals surface area contributed by atoms with Crippen LogP contribution in [0.25, 0.3) is 22.3 Å². The van der Waals surface area contributed by atoms with Crippen LogP contribution in [0.15, 0.2) is 69.5 Å². The van der Waals surface area contributed by atoms with Gasteiger partial charge in [-0.3, -0.25) is 4.79 Å². The minimum Gasteiger partial charge on any atom is -0.459 e. The maximum absolute atomic E-state index is 13.6. The lowest BCUT2D eigenvalue weighted by Gasteiger charge is -2.26. The minimum atomic E-state index is -3.22. The largest absolute Gasteiger partial charge is 0.459 e. The van der Waals surface area contributed by atoms with Crippen LogP contribution in [0.3, 0.4) is 0 Å². The van der Waals surface area contributed by atoms with Crippen molar-refractivity contribution in [3.63, 3.8) is 0 Å². The number of nitrogens with zero attached hydrogens (tertiary/aromatic N) is 1. The minimum absolute atomic E-state index is 0.0412. The molecule has 0 N–H and O–H groups in total. The Morgan fingerprint density at radius 3 is 2.52 bits per heavy atom. The molecule has 2 aromatic heterocycles. The van der Waals surface area contributed by atoms with Crippen LogP contribution in [-0.4, -0.2) is 36.8 Å². The SMILES string of the molecule is Cc1c(C(=O)N(Cc2ccc(-c3ccc(F)cc3)o2)[C@@H]2CCS(=O)(=O)C2)oc2ccccc12. The van der Waals surface area contributed by atoms with Gasteiger partial charge in [-0.1, -0.05) is 18.2 Å². The van der Waals surface area contributed by atoms with E-state index in [1.54, 1.807) is 30.3 Å².